The molecule has 11 nitrogen and oxygen atoms in total. The van der Waals surface area contributed by atoms with Gasteiger partial charge < -0.3 is 50.3 Å². The van der Waals surface area contributed by atoms with Crippen molar-refractivity contribution in [2.45, 2.75) is 199 Å². The van der Waals surface area contributed by atoms with E-state index in [0.717, 1.165) is 0 Å². The number of aliphatic hydroxyl groups is 1. The van der Waals surface area contributed by atoms with Crippen molar-refractivity contribution < 1.29 is 50.3 Å². The molecule has 0 spiro atoms. The summed E-state index contributed by atoms with van der Waals surface area (Å²) < 4.78 is 67.8. The number of rotatable bonds is 18. The fourth-order valence-corrected chi connectivity index (χ4v) is 13.1. The summed E-state index contributed by atoms with van der Waals surface area (Å²) in [6.07, 6.45) is -6.28. The molecule has 1 unspecified atom stereocenters. The van der Waals surface area contributed by atoms with E-state index in [1.54, 1.807) is 0 Å². The predicted molar refractivity (Wildman–Crippen MR) is 224 cm³/mol. The highest BCUT2D eigenvalue weighted by molar-refractivity contribution is 6.72. The molecular formula is C33H78O11Si7. The highest BCUT2D eigenvalue weighted by Gasteiger charge is 2.55. The van der Waals surface area contributed by atoms with E-state index in [-0.39, 0.29) is 6.61 Å². The Kier molecular flexibility index (Phi) is 16.7. The molecule has 0 aliphatic carbocycles. The van der Waals surface area contributed by atoms with Crippen LogP contribution in [0.25, 0.3) is 0 Å². The number of aliphatic hydroxyl groups excluding tert-OH is 1. The monoisotopic (exact) mass is 846 g/mol. The first kappa shape index (κ1) is 48.2. The molecular weight excluding hydrogens is 769 g/mol. The third kappa shape index (κ3) is 18.3. The molecule has 0 aromatic heterocycles. The van der Waals surface area contributed by atoms with Gasteiger partial charge in [-0.1, -0.05) is 0 Å². The van der Waals surface area contributed by atoms with Crippen molar-refractivity contribution in [3.8, 4) is 0 Å². The average molecular weight is 848 g/mol. The van der Waals surface area contributed by atoms with Crippen LogP contribution in [0.5, 0.6) is 0 Å². The van der Waals surface area contributed by atoms with Gasteiger partial charge in [-0.25, -0.2) is 0 Å². The van der Waals surface area contributed by atoms with Crippen molar-refractivity contribution in [2.75, 3.05) is 13.2 Å². The minimum atomic E-state index is -2.17. The zero-order valence-electron chi connectivity index (χ0n) is 36.2. The molecule has 2 aliphatic heterocycles. The lowest BCUT2D eigenvalue weighted by Crippen LogP contribution is -2.68. The van der Waals surface area contributed by atoms with E-state index in [4.69, 9.17) is 45.2 Å². The summed E-state index contributed by atoms with van der Waals surface area (Å²) in [6.45, 7) is 45.8. The Balaban J connectivity index is 2.64. The van der Waals surface area contributed by atoms with Gasteiger partial charge in [0.25, 0.3) is 0 Å². The lowest BCUT2D eigenvalue weighted by atomic mass is 9.98. The van der Waals surface area contributed by atoms with Crippen LogP contribution in [0.15, 0.2) is 0 Å². The van der Waals surface area contributed by atoms with Gasteiger partial charge in [0.05, 0.1) is 13.2 Å². The summed E-state index contributed by atoms with van der Waals surface area (Å²) >= 11 is 0. The summed E-state index contributed by atoms with van der Waals surface area (Å²) in [5, 5.41) is 11.5. The number of ether oxygens (including phenoxy) is 3. The lowest BCUT2D eigenvalue weighted by molar-refractivity contribution is -0.316. The summed E-state index contributed by atoms with van der Waals surface area (Å²) in [5.74, 6) is 0. The second kappa shape index (κ2) is 17.7. The first-order chi connectivity index (χ1) is 22.5. The normalized spacial score (nSPS) is 32.4. The van der Waals surface area contributed by atoms with Crippen molar-refractivity contribution >= 4 is 58.2 Å². The molecule has 2 fully saturated rings. The molecule has 18 heteroatoms. The Morgan fingerprint density at radius 1 is 0.373 bits per heavy atom. The molecule has 2 heterocycles. The van der Waals surface area contributed by atoms with Crippen LogP contribution in [-0.4, -0.2) is 138 Å². The smallest absolute Gasteiger partial charge is 0.185 e. The van der Waals surface area contributed by atoms with E-state index in [9.17, 15) is 5.11 Å². The second-order valence-corrected chi connectivity index (χ2v) is 52.3. The maximum absolute atomic E-state index is 11.5. The summed E-state index contributed by atoms with van der Waals surface area (Å²) in [7, 11) is -14.7. The quantitative estimate of drug-likeness (QED) is 0.138. The SMILES string of the molecule is C[Si](C)(C)OC[C@H]1O[C@@H](OCC2O[C@@H](O)[C@H](O[Si](C)(C)C)[C@@H](O[Si](C)(C)C)[C@@H]2O[Si](C)(C)C)[C@H](O[Si](C)(C)C)[C@@H](O[Si](C)(C)C)[C@H]1O[Si](C)(C)C. The van der Waals surface area contributed by atoms with Crippen LogP contribution in [-0.2, 0) is 45.2 Å². The molecule has 0 aromatic carbocycles. The zero-order valence-corrected chi connectivity index (χ0v) is 43.2. The van der Waals surface area contributed by atoms with Gasteiger partial charge in [-0.15, -0.1) is 0 Å². The Hall–Kier alpha value is 1.08. The van der Waals surface area contributed by atoms with Crippen LogP contribution in [0, 0.1) is 0 Å². The summed E-state index contributed by atoms with van der Waals surface area (Å²) in [4.78, 5) is 0. The van der Waals surface area contributed by atoms with Gasteiger partial charge in [0, 0.05) is 0 Å². The van der Waals surface area contributed by atoms with E-state index in [2.05, 4.69) is 137 Å². The minimum Gasteiger partial charge on any atom is -0.415 e. The summed E-state index contributed by atoms with van der Waals surface area (Å²) in [6, 6.07) is 0. The molecule has 0 saturated carbocycles. The van der Waals surface area contributed by atoms with Crippen LogP contribution in [0.3, 0.4) is 0 Å². The van der Waals surface area contributed by atoms with E-state index in [1.807, 2.05) is 0 Å². The van der Waals surface area contributed by atoms with E-state index >= 15 is 0 Å². The maximum atomic E-state index is 11.5. The van der Waals surface area contributed by atoms with Crippen molar-refractivity contribution in [2.24, 2.45) is 0 Å². The maximum Gasteiger partial charge on any atom is 0.185 e. The molecule has 2 saturated heterocycles. The fraction of sp³-hybridized carbons (Fsp3) is 1.00. The van der Waals surface area contributed by atoms with Gasteiger partial charge in [-0.3, -0.25) is 0 Å². The van der Waals surface area contributed by atoms with E-state index in [0.29, 0.717) is 6.61 Å². The highest BCUT2D eigenvalue weighted by atomic mass is 28.4. The third-order valence-electron chi connectivity index (χ3n) is 7.24. The van der Waals surface area contributed by atoms with E-state index < -0.39 is 120 Å². The van der Waals surface area contributed by atoms with Crippen molar-refractivity contribution in [1.29, 1.82) is 0 Å². The molecule has 0 bridgehead atoms. The van der Waals surface area contributed by atoms with E-state index in [1.165, 1.54) is 0 Å². The van der Waals surface area contributed by atoms with Crippen LogP contribution in [0.2, 0.25) is 137 Å². The third-order valence-corrected chi connectivity index (χ3v) is 14.2. The molecule has 10 atom stereocenters. The minimum absolute atomic E-state index is 0.0778. The first-order valence-corrected chi connectivity index (χ1v) is 42.7. The van der Waals surface area contributed by atoms with Gasteiger partial charge in [0.15, 0.2) is 70.8 Å². The van der Waals surface area contributed by atoms with Crippen LogP contribution < -0.4 is 0 Å². The van der Waals surface area contributed by atoms with Gasteiger partial charge in [-0.2, -0.15) is 0 Å². The van der Waals surface area contributed by atoms with Crippen molar-refractivity contribution in [3.05, 3.63) is 0 Å². The highest BCUT2D eigenvalue weighted by Crippen LogP contribution is 2.37. The summed E-state index contributed by atoms with van der Waals surface area (Å²) in [5.41, 5.74) is 0. The van der Waals surface area contributed by atoms with Crippen LogP contribution >= 0.6 is 0 Å². The lowest BCUT2D eigenvalue weighted by Gasteiger charge is -2.52. The fourth-order valence-electron chi connectivity index (χ4n) is 5.95. The molecule has 0 amide bonds. The van der Waals surface area contributed by atoms with Gasteiger partial charge in [-0.05, 0) is 137 Å². The van der Waals surface area contributed by atoms with Crippen molar-refractivity contribution in [1.82, 2.24) is 0 Å². The Labute approximate surface area is 319 Å². The first-order valence-electron chi connectivity index (χ1n) is 18.8. The number of hydrogen-bond acceptors (Lipinski definition) is 11. The molecule has 304 valence electrons. The largest absolute Gasteiger partial charge is 0.415 e. The average Bonchev–Trinajstić information content (AvgIpc) is 2.84. The molecule has 51 heavy (non-hydrogen) atoms. The zero-order chi connectivity index (χ0) is 39.8. The topological polar surface area (TPSA) is 113 Å². The Bertz CT molecular complexity index is 1070. The Morgan fingerprint density at radius 2 is 0.686 bits per heavy atom. The molecule has 1 N–H and O–H groups in total. The van der Waals surface area contributed by atoms with Gasteiger partial charge in [0.2, 0.25) is 0 Å². The van der Waals surface area contributed by atoms with Gasteiger partial charge in [0.1, 0.15) is 48.8 Å². The second-order valence-electron chi connectivity index (χ2n) is 21.0. The predicted octanol–water partition coefficient (Wildman–Crippen LogP) is 7.62. The Morgan fingerprint density at radius 3 is 1.06 bits per heavy atom. The number of hydrogen-bond donors (Lipinski definition) is 1. The van der Waals surface area contributed by atoms with Gasteiger partial charge >= 0.3 is 0 Å². The van der Waals surface area contributed by atoms with Crippen LogP contribution in [0.4, 0.5) is 0 Å². The molecule has 0 aromatic rings. The molecule has 2 rings (SSSR count). The van der Waals surface area contributed by atoms with Crippen molar-refractivity contribution in [3.63, 3.8) is 0 Å². The standard InChI is InChI=1S/C33H78O11Si7/c1-45(2,3)36-23-25-27(40-47(7,8)9)29(42-49(13,14)15)31(44-51(19,20)21)33(38-25)35-22-24-26(39-46(4,5)6)28(41-48(10,11)12)30(32(34)37-24)43-50(16,17)18/h24-34H,22-23H2,1-21H3/t24?,25-,26-,27+,28+,29+,30-,31-,32-,33-/m1/s1. The molecule has 0 radical (unpaired) electrons. The molecule has 2 aliphatic rings. The van der Waals surface area contributed by atoms with Crippen LogP contribution in [0.1, 0.15) is 0 Å².